The predicted octanol–water partition coefficient (Wildman–Crippen LogP) is 4.23. The van der Waals surface area contributed by atoms with Crippen molar-refractivity contribution >= 4 is 29.2 Å². The van der Waals surface area contributed by atoms with Gasteiger partial charge in [-0.05, 0) is 36.4 Å². The van der Waals surface area contributed by atoms with E-state index >= 15 is 0 Å². The lowest BCUT2D eigenvalue weighted by molar-refractivity contribution is -0.384. The predicted molar refractivity (Wildman–Crippen MR) is 80.1 cm³/mol. The van der Waals surface area contributed by atoms with E-state index in [-0.39, 0.29) is 11.4 Å². The van der Waals surface area contributed by atoms with Crippen molar-refractivity contribution in [3.63, 3.8) is 0 Å². The van der Waals surface area contributed by atoms with E-state index in [0.717, 1.165) is 24.3 Å². The number of hydrogen-bond acceptors (Lipinski definition) is 6. The van der Waals surface area contributed by atoms with Crippen LogP contribution in [0.15, 0.2) is 58.5 Å². The van der Waals surface area contributed by atoms with Crippen molar-refractivity contribution in [2.75, 3.05) is 0 Å². The van der Waals surface area contributed by atoms with Gasteiger partial charge in [-0.2, -0.15) is 23.2 Å². The van der Waals surface area contributed by atoms with Crippen LogP contribution in [-0.2, 0) is 15.8 Å². The molecule has 0 fully saturated rings. The minimum atomic E-state index is -4.36. The van der Waals surface area contributed by atoms with E-state index in [1.54, 1.807) is 0 Å². The Balaban J connectivity index is 0.000000251. The molecule has 0 aliphatic rings. The average Bonchev–Trinajstić information content (AvgIpc) is 2.56. The number of nitro groups is 1. The largest absolute Gasteiger partial charge is 0.416 e. The summed E-state index contributed by atoms with van der Waals surface area (Å²) in [6, 6.07) is 9.23. The third-order valence-electron chi connectivity index (χ3n) is 2.60. The molecule has 0 heterocycles. The van der Waals surface area contributed by atoms with Crippen LogP contribution in [0, 0.1) is 10.1 Å². The van der Waals surface area contributed by atoms with Gasteiger partial charge in [0.2, 0.25) is 12.2 Å². The average molecular weight is 351 g/mol. The van der Waals surface area contributed by atoms with Gasteiger partial charge in [-0.25, -0.2) is 9.59 Å². The van der Waals surface area contributed by atoms with Gasteiger partial charge in [0.25, 0.3) is 5.69 Å². The zero-order valence-electron chi connectivity index (χ0n) is 12.2. The molecule has 25 heavy (non-hydrogen) atoms. The molecule has 0 amide bonds. The quantitative estimate of drug-likeness (QED) is 0.357. The molecule has 2 rings (SSSR count). The maximum absolute atomic E-state index is 12.0. The Kier molecular flexibility index (Phi) is 6.90. The van der Waals surface area contributed by atoms with Crippen LogP contribution in [0.1, 0.15) is 5.56 Å². The second-order valence-electron chi connectivity index (χ2n) is 4.22. The van der Waals surface area contributed by atoms with Crippen LogP contribution < -0.4 is 0 Å². The Labute approximate surface area is 138 Å². The smallest absolute Gasteiger partial charge is 0.258 e. The Morgan fingerprint density at radius 1 is 0.840 bits per heavy atom. The Morgan fingerprint density at radius 3 is 1.56 bits per heavy atom. The summed E-state index contributed by atoms with van der Waals surface area (Å²) in [6.07, 6.45) is -1.78. The summed E-state index contributed by atoms with van der Waals surface area (Å²) in [7, 11) is 0. The lowest BCUT2D eigenvalue weighted by atomic mass is 10.2. The molecule has 0 atom stereocenters. The molecule has 0 saturated heterocycles. The third kappa shape index (κ3) is 6.57. The zero-order valence-corrected chi connectivity index (χ0v) is 12.2. The number of hydrogen-bond donors (Lipinski definition) is 0. The normalized spacial score (nSPS) is 9.72. The van der Waals surface area contributed by atoms with E-state index in [4.69, 9.17) is 0 Å². The van der Waals surface area contributed by atoms with Crippen LogP contribution in [0.3, 0.4) is 0 Å². The number of nitro benzene ring substituents is 1. The molecule has 0 unspecified atom stereocenters. The van der Waals surface area contributed by atoms with Gasteiger partial charge < -0.3 is 0 Å². The molecular weight excluding hydrogens is 343 g/mol. The fraction of sp³-hybridized carbons (Fsp3) is 0.0667. The summed E-state index contributed by atoms with van der Waals surface area (Å²) in [6.45, 7) is 0. The fourth-order valence-electron chi connectivity index (χ4n) is 1.48. The summed E-state index contributed by atoms with van der Waals surface area (Å²) in [5, 5.41) is 10.2. The number of carbonyl (C=O) groups excluding carboxylic acids is 2. The monoisotopic (exact) mass is 351 g/mol. The molecule has 0 aliphatic heterocycles. The first-order chi connectivity index (χ1) is 11.8. The highest BCUT2D eigenvalue weighted by atomic mass is 19.4. The summed E-state index contributed by atoms with van der Waals surface area (Å²) in [5.41, 5.74) is -0.282. The van der Waals surface area contributed by atoms with Crippen LogP contribution in [0.5, 0.6) is 0 Å². The van der Waals surface area contributed by atoms with Gasteiger partial charge in [-0.15, -0.1) is 0 Å². The minimum absolute atomic E-state index is 0.0279. The molecule has 0 aliphatic carbocycles. The molecule has 2 aromatic carbocycles. The van der Waals surface area contributed by atoms with Gasteiger partial charge in [-0.3, -0.25) is 10.1 Å². The zero-order chi connectivity index (χ0) is 18.9. The van der Waals surface area contributed by atoms with Crippen LogP contribution in [0.4, 0.5) is 30.2 Å². The first-order valence-electron chi connectivity index (χ1n) is 6.35. The first kappa shape index (κ1) is 19.4. The molecule has 0 spiro atoms. The molecule has 128 valence electrons. The number of benzene rings is 2. The van der Waals surface area contributed by atoms with Crippen molar-refractivity contribution in [1.29, 1.82) is 0 Å². The Morgan fingerprint density at radius 2 is 1.24 bits per heavy atom. The highest BCUT2D eigenvalue weighted by Gasteiger charge is 2.29. The molecular formula is C15H8F3N3O4. The van der Waals surface area contributed by atoms with Crippen LogP contribution in [-0.4, -0.2) is 17.1 Å². The summed E-state index contributed by atoms with van der Waals surface area (Å²) < 4.78 is 36.0. The molecule has 0 radical (unpaired) electrons. The number of nitrogens with zero attached hydrogens (tertiary/aromatic N) is 3. The Hall–Kier alpha value is -3.61. The van der Waals surface area contributed by atoms with Crippen LogP contribution >= 0.6 is 0 Å². The summed E-state index contributed by atoms with van der Waals surface area (Å²) in [5.74, 6) is 0. The summed E-state index contributed by atoms with van der Waals surface area (Å²) >= 11 is 0. The van der Waals surface area contributed by atoms with E-state index in [0.29, 0.717) is 5.69 Å². The first-order valence-corrected chi connectivity index (χ1v) is 6.35. The van der Waals surface area contributed by atoms with Gasteiger partial charge in [0.1, 0.15) is 0 Å². The molecule has 7 nitrogen and oxygen atoms in total. The number of aliphatic imine (C=N–C) groups is 2. The maximum Gasteiger partial charge on any atom is 0.416 e. The topological polar surface area (TPSA) is 102 Å². The lowest BCUT2D eigenvalue weighted by Crippen LogP contribution is -2.03. The lowest BCUT2D eigenvalue weighted by Gasteiger charge is -2.04. The molecule has 0 N–H and O–H groups in total. The van der Waals surface area contributed by atoms with Crippen molar-refractivity contribution < 1.29 is 27.7 Å². The summed E-state index contributed by atoms with van der Waals surface area (Å²) in [4.78, 5) is 35.6. The number of halogens is 3. The molecule has 10 heteroatoms. The Bertz CT molecular complexity index is 800. The van der Waals surface area contributed by atoms with Crippen molar-refractivity contribution in [2.24, 2.45) is 9.98 Å². The highest BCUT2D eigenvalue weighted by Crippen LogP contribution is 2.30. The van der Waals surface area contributed by atoms with Crippen molar-refractivity contribution in [2.45, 2.75) is 6.18 Å². The van der Waals surface area contributed by atoms with Gasteiger partial charge in [0, 0.05) is 12.1 Å². The van der Waals surface area contributed by atoms with Crippen molar-refractivity contribution in [3.05, 3.63) is 64.2 Å². The maximum atomic E-state index is 12.0. The van der Waals surface area contributed by atoms with Crippen LogP contribution in [0.25, 0.3) is 0 Å². The molecule has 0 bridgehead atoms. The second-order valence-corrected chi connectivity index (χ2v) is 4.22. The fourth-order valence-corrected chi connectivity index (χ4v) is 1.48. The van der Waals surface area contributed by atoms with E-state index in [1.807, 2.05) is 0 Å². The molecule has 0 aromatic heterocycles. The van der Waals surface area contributed by atoms with Crippen molar-refractivity contribution in [1.82, 2.24) is 0 Å². The highest BCUT2D eigenvalue weighted by molar-refractivity contribution is 5.51. The van der Waals surface area contributed by atoms with E-state index in [2.05, 4.69) is 9.98 Å². The van der Waals surface area contributed by atoms with Gasteiger partial charge in [-0.1, -0.05) is 0 Å². The van der Waals surface area contributed by atoms with E-state index < -0.39 is 16.7 Å². The van der Waals surface area contributed by atoms with Gasteiger partial charge in [0.15, 0.2) is 0 Å². The number of non-ortho nitro benzene ring substituents is 1. The number of isocyanates is 2. The van der Waals surface area contributed by atoms with E-state index in [9.17, 15) is 32.9 Å². The SMILES string of the molecule is O=C=Nc1ccc(C(F)(F)F)cc1.O=C=Nc1ccc([N+](=O)[O-])cc1. The van der Waals surface area contributed by atoms with Crippen LogP contribution in [0.2, 0.25) is 0 Å². The van der Waals surface area contributed by atoms with Crippen molar-refractivity contribution in [3.8, 4) is 0 Å². The molecule has 2 aromatic rings. The minimum Gasteiger partial charge on any atom is -0.258 e. The van der Waals surface area contributed by atoms with Gasteiger partial charge in [0.05, 0.1) is 21.9 Å². The van der Waals surface area contributed by atoms with Gasteiger partial charge >= 0.3 is 6.18 Å². The standard InChI is InChI=1S/C8H4F3NO.C7H4N2O3/c9-8(10,11)6-1-3-7(4-2-6)12-5-13;10-5-8-6-1-3-7(4-2-6)9(11)12/h1-4H;1-4H. The molecule has 0 saturated carbocycles. The van der Waals surface area contributed by atoms with E-state index in [1.165, 1.54) is 36.4 Å². The number of rotatable bonds is 3. The number of alkyl halides is 3. The third-order valence-corrected chi connectivity index (χ3v) is 2.60. The second kappa shape index (κ2) is 8.88.